The number of nitrogens with two attached hydrogens (primary N) is 1. The molecule has 0 aliphatic heterocycles. The van der Waals surface area contributed by atoms with Crippen LogP contribution in [0.15, 0.2) is 6.20 Å². The first-order chi connectivity index (χ1) is 8.02. The molecule has 7 heteroatoms. The van der Waals surface area contributed by atoms with E-state index in [1.54, 1.807) is 16.2 Å². The van der Waals surface area contributed by atoms with Crippen LogP contribution in [0.1, 0.15) is 36.6 Å². The Labute approximate surface area is 131 Å². The number of amides is 1. The van der Waals surface area contributed by atoms with Crippen LogP contribution in [0.5, 0.6) is 0 Å². The van der Waals surface area contributed by atoms with E-state index >= 15 is 0 Å². The minimum absolute atomic E-state index is 0. The van der Waals surface area contributed by atoms with Crippen molar-refractivity contribution in [1.29, 1.82) is 0 Å². The predicted octanol–water partition coefficient (Wildman–Crippen LogP) is 2.63. The van der Waals surface area contributed by atoms with Crippen molar-refractivity contribution < 1.29 is 4.79 Å². The topological polar surface area (TPSA) is 59.2 Å². The number of rotatable bonds is 6. The van der Waals surface area contributed by atoms with Crippen molar-refractivity contribution in [3.63, 3.8) is 0 Å². The van der Waals surface area contributed by atoms with Gasteiger partial charge in [0.1, 0.15) is 5.01 Å². The fourth-order valence-electron chi connectivity index (χ4n) is 1.42. The van der Waals surface area contributed by atoms with Crippen molar-refractivity contribution in [2.24, 2.45) is 5.73 Å². The lowest BCUT2D eigenvalue weighted by molar-refractivity contribution is -0.130. The molecule has 0 saturated heterocycles. The summed E-state index contributed by atoms with van der Waals surface area (Å²) in [5, 5.41) is 0.999. The molecular weight excluding hydrogens is 305 g/mol. The molecule has 4 nitrogen and oxygen atoms in total. The number of hydrogen-bond acceptors (Lipinski definition) is 4. The maximum absolute atomic E-state index is 11.8. The van der Waals surface area contributed by atoms with Crippen molar-refractivity contribution in [3.05, 3.63) is 16.1 Å². The molecule has 1 aromatic heterocycles. The zero-order valence-corrected chi connectivity index (χ0v) is 14.0. The molecular formula is C12H23Cl2N3OS. The minimum atomic E-state index is 0. The normalized spacial score (nSPS) is 11.2. The summed E-state index contributed by atoms with van der Waals surface area (Å²) < 4.78 is 0. The maximum Gasteiger partial charge on any atom is 0.222 e. The van der Waals surface area contributed by atoms with Crippen molar-refractivity contribution in [2.45, 2.75) is 45.7 Å². The standard InChI is InChI=1S/C12H21N3OS.2ClH/c1-4-10-7-14-11(17-10)8-15(3)12(16)6-5-9(2)13;;/h7,9H,4-6,8,13H2,1-3H3;2*1H. The highest BCUT2D eigenvalue weighted by molar-refractivity contribution is 7.11. The van der Waals surface area contributed by atoms with Gasteiger partial charge in [0.15, 0.2) is 0 Å². The van der Waals surface area contributed by atoms with Crippen LogP contribution in [0, 0.1) is 0 Å². The average molecular weight is 328 g/mol. The van der Waals surface area contributed by atoms with Gasteiger partial charge in [-0.25, -0.2) is 4.98 Å². The Kier molecular flexibility index (Phi) is 11.5. The first-order valence-corrected chi connectivity index (χ1v) is 6.77. The number of aryl methyl sites for hydroxylation is 1. The van der Waals surface area contributed by atoms with Gasteiger partial charge in [0.2, 0.25) is 5.91 Å². The van der Waals surface area contributed by atoms with E-state index in [0.29, 0.717) is 13.0 Å². The Bertz CT molecular complexity index is 372. The van der Waals surface area contributed by atoms with Crippen molar-refractivity contribution in [2.75, 3.05) is 7.05 Å². The van der Waals surface area contributed by atoms with Crippen LogP contribution < -0.4 is 5.73 Å². The average Bonchev–Trinajstić information content (AvgIpc) is 2.73. The van der Waals surface area contributed by atoms with Crippen LogP contribution in [0.3, 0.4) is 0 Å². The number of hydrogen-bond donors (Lipinski definition) is 1. The fraction of sp³-hybridized carbons (Fsp3) is 0.667. The van der Waals surface area contributed by atoms with Crippen LogP contribution in [0.25, 0.3) is 0 Å². The van der Waals surface area contributed by atoms with Gasteiger partial charge in [0.05, 0.1) is 6.54 Å². The van der Waals surface area contributed by atoms with Crippen LogP contribution in [0.2, 0.25) is 0 Å². The van der Waals surface area contributed by atoms with Gasteiger partial charge in [-0.2, -0.15) is 0 Å². The lowest BCUT2D eigenvalue weighted by Crippen LogP contribution is -2.27. The molecule has 0 radical (unpaired) electrons. The van der Waals surface area contributed by atoms with Gasteiger partial charge in [-0.1, -0.05) is 6.92 Å². The zero-order valence-electron chi connectivity index (χ0n) is 11.6. The Balaban J connectivity index is 0. The van der Waals surface area contributed by atoms with Gasteiger partial charge in [0, 0.05) is 30.6 Å². The summed E-state index contributed by atoms with van der Waals surface area (Å²) >= 11 is 1.67. The molecule has 2 N–H and O–H groups in total. The Morgan fingerprint density at radius 2 is 2.16 bits per heavy atom. The summed E-state index contributed by atoms with van der Waals surface area (Å²) in [7, 11) is 1.82. The number of thiazole rings is 1. The number of carbonyl (C=O) groups excluding carboxylic acids is 1. The van der Waals surface area contributed by atoms with E-state index in [2.05, 4.69) is 11.9 Å². The largest absolute Gasteiger partial charge is 0.339 e. The number of nitrogens with zero attached hydrogens (tertiary/aromatic N) is 2. The van der Waals surface area contributed by atoms with Crippen LogP contribution in [0.4, 0.5) is 0 Å². The second kappa shape index (κ2) is 10.4. The molecule has 1 aromatic rings. The maximum atomic E-state index is 11.8. The van der Waals surface area contributed by atoms with Gasteiger partial charge in [-0.05, 0) is 19.8 Å². The Hall–Kier alpha value is -0.360. The summed E-state index contributed by atoms with van der Waals surface area (Å²) in [5.74, 6) is 0.135. The van der Waals surface area contributed by atoms with Crippen molar-refractivity contribution >= 4 is 42.1 Å². The van der Waals surface area contributed by atoms with Crippen LogP contribution >= 0.6 is 36.2 Å². The van der Waals surface area contributed by atoms with E-state index in [0.717, 1.165) is 17.8 Å². The van der Waals surface area contributed by atoms with E-state index in [1.165, 1.54) is 4.88 Å². The monoisotopic (exact) mass is 327 g/mol. The second-order valence-electron chi connectivity index (χ2n) is 4.34. The quantitative estimate of drug-likeness (QED) is 0.873. The lowest BCUT2D eigenvalue weighted by atomic mass is 10.2. The third-order valence-corrected chi connectivity index (χ3v) is 3.69. The molecule has 0 aromatic carbocycles. The van der Waals surface area contributed by atoms with Crippen LogP contribution in [-0.2, 0) is 17.8 Å². The molecule has 0 aliphatic carbocycles. The first-order valence-electron chi connectivity index (χ1n) is 5.96. The van der Waals surface area contributed by atoms with Crippen LogP contribution in [-0.4, -0.2) is 28.9 Å². The zero-order chi connectivity index (χ0) is 12.8. The smallest absolute Gasteiger partial charge is 0.222 e. The SMILES string of the molecule is CCc1cnc(CN(C)C(=O)CCC(C)N)s1.Cl.Cl. The predicted molar refractivity (Wildman–Crippen MR) is 85.3 cm³/mol. The van der Waals surface area contributed by atoms with Gasteiger partial charge in [-0.15, -0.1) is 36.2 Å². The van der Waals surface area contributed by atoms with Gasteiger partial charge in [-0.3, -0.25) is 4.79 Å². The lowest BCUT2D eigenvalue weighted by Gasteiger charge is -2.16. The third-order valence-electron chi connectivity index (χ3n) is 2.56. The van der Waals surface area contributed by atoms with E-state index in [4.69, 9.17) is 5.73 Å². The highest BCUT2D eigenvalue weighted by atomic mass is 35.5. The molecule has 1 heterocycles. The molecule has 1 unspecified atom stereocenters. The summed E-state index contributed by atoms with van der Waals surface area (Å²) in [5.41, 5.74) is 5.63. The molecule has 19 heavy (non-hydrogen) atoms. The molecule has 0 bridgehead atoms. The summed E-state index contributed by atoms with van der Waals surface area (Å²) in [4.78, 5) is 19.1. The Morgan fingerprint density at radius 1 is 1.53 bits per heavy atom. The fourth-order valence-corrected chi connectivity index (χ4v) is 2.33. The molecule has 0 saturated carbocycles. The number of carbonyl (C=O) groups is 1. The molecule has 1 atom stereocenters. The second-order valence-corrected chi connectivity index (χ2v) is 5.54. The van der Waals surface area contributed by atoms with Crippen molar-refractivity contribution in [3.8, 4) is 0 Å². The summed E-state index contributed by atoms with van der Waals surface area (Å²) in [6, 6.07) is 0.0823. The molecule has 112 valence electrons. The highest BCUT2D eigenvalue weighted by Gasteiger charge is 2.11. The van der Waals surface area contributed by atoms with E-state index < -0.39 is 0 Å². The van der Waals surface area contributed by atoms with E-state index in [9.17, 15) is 4.79 Å². The van der Waals surface area contributed by atoms with Crippen molar-refractivity contribution in [1.82, 2.24) is 9.88 Å². The number of halogens is 2. The van der Waals surface area contributed by atoms with Gasteiger partial charge in [0.25, 0.3) is 0 Å². The highest BCUT2D eigenvalue weighted by Crippen LogP contribution is 2.15. The minimum Gasteiger partial charge on any atom is -0.339 e. The molecule has 1 amide bonds. The molecule has 0 spiro atoms. The van der Waals surface area contributed by atoms with E-state index in [-0.39, 0.29) is 36.8 Å². The third kappa shape index (κ3) is 7.72. The summed E-state index contributed by atoms with van der Waals surface area (Å²) in [6.07, 6.45) is 4.14. The van der Waals surface area contributed by atoms with Gasteiger partial charge >= 0.3 is 0 Å². The molecule has 1 rings (SSSR count). The first kappa shape index (κ1) is 20.9. The molecule has 0 aliphatic rings. The number of aromatic nitrogens is 1. The Morgan fingerprint density at radius 3 is 2.63 bits per heavy atom. The van der Waals surface area contributed by atoms with Gasteiger partial charge < -0.3 is 10.6 Å². The van der Waals surface area contributed by atoms with E-state index in [1.807, 2.05) is 20.2 Å². The molecule has 0 fully saturated rings. The summed E-state index contributed by atoms with van der Waals surface area (Å²) in [6.45, 7) is 4.62.